The van der Waals surface area contributed by atoms with E-state index in [2.05, 4.69) is 0 Å². The quantitative estimate of drug-likeness (QED) is 0.773. The number of benzene rings is 1. The number of aliphatic hydroxyl groups is 1. The van der Waals surface area contributed by atoms with Crippen molar-refractivity contribution in [2.24, 2.45) is 11.1 Å². The van der Waals surface area contributed by atoms with E-state index >= 15 is 0 Å². The summed E-state index contributed by atoms with van der Waals surface area (Å²) in [5, 5.41) is 9.63. The molecule has 3 nitrogen and oxygen atoms in total. The van der Waals surface area contributed by atoms with Crippen molar-refractivity contribution in [1.29, 1.82) is 0 Å². The van der Waals surface area contributed by atoms with Crippen molar-refractivity contribution in [2.45, 2.75) is 26.4 Å². The average Bonchev–Trinajstić information content (AvgIpc) is 2.30. The Balaban J connectivity index is 2.40. The lowest BCUT2D eigenvalue weighted by Gasteiger charge is -2.30. The summed E-state index contributed by atoms with van der Waals surface area (Å²) in [5.74, 6) is 0.854. The number of para-hydroxylation sites is 1. The molecule has 0 fully saturated rings. The summed E-state index contributed by atoms with van der Waals surface area (Å²) in [5.41, 5.74) is 5.40. The summed E-state index contributed by atoms with van der Waals surface area (Å²) in [7, 11) is 0. The van der Waals surface area contributed by atoms with Gasteiger partial charge in [-0.3, -0.25) is 0 Å². The molecule has 2 atom stereocenters. The van der Waals surface area contributed by atoms with Gasteiger partial charge in [0.2, 0.25) is 0 Å². The minimum absolute atomic E-state index is 0.269. The van der Waals surface area contributed by atoms with Gasteiger partial charge in [-0.2, -0.15) is 0 Å². The summed E-state index contributed by atoms with van der Waals surface area (Å²) in [6, 6.07) is 9.66. The van der Waals surface area contributed by atoms with Crippen LogP contribution >= 0.6 is 0 Å². The number of hydrogen-bond donors (Lipinski definition) is 2. The zero-order valence-electron chi connectivity index (χ0n) is 10.0. The molecular formula is C13H21NO2. The van der Waals surface area contributed by atoms with Crippen LogP contribution in [-0.4, -0.2) is 24.4 Å². The first-order chi connectivity index (χ1) is 7.58. The zero-order valence-corrected chi connectivity index (χ0v) is 10.0. The molecule has 0 saturated carbocycles. The molecule has 2 unspecified atom stereocenters. The Bertz CT molecular complexity index is 300. The number of rotatable bonds is 6. The summed E-state index contributed by atoms with van der Waals surface area (Å²) < 4.78 is 5.59. The first-order valence-corrected chi connectivity index (χ1v) is 5.64. The monoisotopic (exact) mass is 223 g/mol. The summed E-state index contributed by atoms with van der Waals surface area (Å²) in [6.07, 6.45) is 0.327. The van der Waals surface area contributed by atoms with Gasteiger partial charge >= 0.3 is 0 Å². The fourth-order valence-corrected chi connectivity index (χ4v) is 1.40. The van der Waals surface area contributed by atoms with Crippen LogP contribution in [0, 0.1) is 5.41 Å². The van der Waals surface area contributed by atoms with Crippen molar-refractivity contribution in [3.8, 4) is 5.75 Å². The molecule has 90 valence electrons. The van der Waals surface area contributed by atoms with E-state index in [1.165, 1.54) is 0 Å². The third kappa shape index (κ3) is 3.51. The lowest BCUT2D eigenvalue weighted by molar-refractivity contribution is 0.0413. The van der Waals surface area contributed by atoms with Crippen molar-refractivity contribution < 1.29 is 9.84 Å². The molecule has 0 saturated heterocycles. The lowest BCUT2D eigenvalue weighted by atomic mass is 9.82. The number of aliphatic hydroxyl groups excluding tert-OH is 1. The highest BCUT2D eigenvalue weighted by Gasteiger charge is 2.28. The summed E-state index contributed by atoms with van der Waals surface area (Å²) in [4.78, 5) is 0. The number of ether oxygens (including phenoxy) is 1. The van der Waals surface area contributed by atoms with Gasteiger partial charge in [-0.1, -0.05) is 25.1 Å². The molecule has 0 aliphatic rings. The van der Waals surface area contributed by atoms with Gasteiger partial charge in [0.05, 0.1) is 12.7 Å². The van der Waals surface area contributed by atoms with Gasteiger partial charge in [-0.15, -0.1) is 0 Å². The van der Waals surface area contributed by atoms with E-state index in [1.54, 1.807) is 6.92 Å². The maximum absolute atomic E-state index is 9.63. The highest BCUT2D eigenvalue weighted by Crippen LogP contribution is 2.24. The van der Waals surface area contributed by atoms with E-state index in [0.717, 1.165) is 12.2 Å². The van der Waals surface area contributed by atoms with Crippen molar-refractivity contribution in [3.05, 3.63) is 30.3 Å². The van der Waals surface area contributed by atoms with Crippen LogP contribution < -0.4 is 10.5 Å². The molecule has 0 aliphatic carbocycles. The number of nitrogens with two attached hydrogens (primary N) is 1. The molecule has 0 aromatic heterocycles. The Kier molecular flexibility index (Phi) is 4.77. The smallest absolute Gasteiger partial charge is 0.119 e. The predicted molar refractivity (Wildman–Crippen MR) is 65.4 cm³/mol. The Morgan fingerprint density at radius 1 is 1.38 bits per heavy atom. The van der Waals surface area contributed by atoms with Crippen LogP contribution in [0.5, 0.6) is 5.75 Å². The number of hydrogen-bond acceptors (Lipinski definition) is 3. The maximum atomic E-state index is 9.63. The SMILES string of the molecule is CC(O)C(C)(CN)CCOc1ccccc1. The molecule has 0 amide bonds. The minimum atomic E-state index is -0.420. The second-order valence-corrected chi connectivity index (χ2v) is 4.45. The third-order valence-corrected chi connectivity index (χ3v) is 3.16. The summed E-state index contributed by atoms with van der Waals surface area (Å²) in [6.45, 7) is 4.78. The topological polar surface area (TPSA) is 55.5 Å². The van der Waals surface area contributed by atoms with Crippen LogP contribution in [0.4, 0.5) is 0 Å². The molecule has 0 bridgehead atoms. The summed E-state index contributed by atoms with van der Waals surface area (Å²) >= 11 is 0. The van der Waals surface area contributed by atoms with E-state index in [1.807, 2.05) is 37.3 Å². The van der Waals surface area contributed by atoms with Crippen LogP contribution in [0.1, 0.15) is 20.3 Å². The van der Waals surface area contributed by atoms with Crippen LogP contribution in [0.2, 0.25) is 0 Å². The lowest BCUT2D eigenvalue weighted by Crippen LogP contribution is -2.38. The highest BCUT2D eigenvalue weighted by molar-refractivity contribution is 5.20. The van der Waals surface area contributed by atoms with Gasteiger partial charge in [0.25, 0.3) is 0 Å². The molecule has 3 N–H and O–H groups in total. The Morgan fingerprint density at radius 2 is 2.00 bits per heavy atom. The molecule has 0 heterocycles. The van der Waals surface area contributed by atoms with Gasteiger partial charge in [-0.05, 0) is 25.5 Å². The predicted octanol–water partition coefficient (Wildman–Crippen LogP) is 1.80. The van der Waals surface area contributed by atoms with Gasteiger partial charge in [0, 0.05) is 12.0 Å². The fourth-order valence-electron chi connectivity index (χ4n) is 1.40. The molecule has 3 heteroatoms. The van der Waals surface area contributed by atoms with E-state index in [4.69, 9.17) is 10.5 Å². The first kappa shape index (κ1) is 13.0. The molecule has 1 aromatic rings. The molecule has 16 heavy (non-hydrogen) atoms. The van der Waals surface area contributed by atoms with E-state index in [0.29, 0.717) is 13.2 Å². The second-order valence-electron chi connectivity index (χ2n) is 4.45. The van der Waals surface area contributed by atoms with Crippen molar-refractivity contribution in [3.63, 3.8) is 0 Å². The van der Waals surface area contributed by atoms with Crippen molar-refractivity contribution in [1.82, 2.24) is 0 Å². The third-order valence-electron chi connectivity index (χ3n) is 3.16. The highest BCUT2D eigenvalue weighted by atomic mass is 16.5. The van der Waals surface area contributed by atoms with E-state index < -0.39 is 6.10 Å². The Labute approximate surface area is 97.2 Å². The maximum Gasteiger partial charge on any atom is 0.119 e. The Morgan fingerprint density at radius 3 is 2.50 bits per heavy atom. The molecule has 0 spiro atoms. The molecule has 1 aromatic carbocycles. The standard InChI is InChI=1S/C13H21NO2/c1-11(15)13(2,10-14)8-9-16-12-6-4-3-5-7-12/h3-7,11,15H,8-10,14H2,1-2H3. The van der Waals surface area contributed by atoms with Gasteiger partial charge < -0.3 is 15.6 Å². The van der Waals surface area contributed by atoms with Crippen LogP contribution in [0.25, 0.3) is 0 Å². The average molecular weight is 223 g/mol. The normalized spacial score (nSPS) is 16.5. The van der Waals surface area contributed by atoms with E-state index in [-0.39, 0.29) is 5.41 Å². The van der Waals surface area contributed by atoms with Crippen LogP contribution in [0.15, 0.2) is 30.3 Å². The van der Waals surface area contributed by atoms with Crippen LogP contribution in [0.3, 0.4) is 0 Å². The molecule has 0 radical (unpaired) electrons. The van der Waals surface area contributed by atoms with Gasteiger partial charge in [0.1, 0.15) is 5.75 Å². The first-order valence-electron chi connectivity index (χ1n) is 5.64. The van der Waals surface area contributed by atoms with Gasteiger partial charge in [-0.25, -0.2) is 0 Å². The largest absolute Gasteiger partial charge is 0.494 e. The van der Waals surface area contributed by atoms with Crippen molar-refractivity contribution in [2.75, 3.05) is 13.2 Å². The minimum Gasteiger partial charge on any atom is -0.494 e. The zero-order chi connectivity index (χ0) is 12.0. The fraction of sp³-hybridized carbons (Fsp3) is 0.538. The Hall–Kier alpha value is -1.06. The van der Waals surface area contributed by atoms with Gasteiger partial charge in [0.15, 0.2) is 0 Å². The van der Waals surface area contributed by atoms with E-state index in [9.17, 15) is 5.11 Å². The van der Waals surface area contributed by atoms with Crippen molar-refractivity contribution >= 4 is 0 Å². The van der Waals surface area contributed by atoms with Crippen LogP contribution in [-0.2, 0) is 0 Å². The molecule has 1 rings (SSSR count). The molecule has 0 aliphatic heterocycles. The second kappa shape index (κ2) is 5.87. The molecular weight excluding hydrogens is 202 g/mol.